The van der Waals surface area contributed by atoms with E-state index in [-0.39, 0.29) is 6.54 Å². The minimum Gasteiger partial charge on any atom is -0.391 e. The Morgan fingerprint density at radius 3 is 2.40 bits per heavy atom. The molecule has 0 aromatic heterocycles. The summed E-state index contributed by atoms with van der Waals surface area (Å²) < 4.78 is 4.13. The molecule has 0 aliphatic carbocycles. The molecule has 0 amide bonds. The van der Waals surface area contributed by atoms with Gasteiger partial charge in [-0.2, -0.15) is 0 Å². The molecule has 0 aromatic carbocycles. The molecular weight excluding hydrogens is 136 g/mol. The Labute approximate surface area is 58.3 Å². The van der Waals surface area contributed by atoms with E-state index in [2.05, 4.69) is 4.74 Å². The summed E-state index contributed by atoms with van der Waals surface area (Å²) in [5.74, 6) is -1.52. The van der Waals surface area contributed by atoms with Crippen LogP contribution in [0.3, 0.4) is 0 Å². The Bertz CT molecular complexity index is 144. The van der Waals surface area contributed by atoms with E-state index in [0.29, 0.717) is 0 Å². The van der Waals surface area contributed by atoms with Gasteiger partial charge in [0.05, 0.1) is 6.54 Å². The second-order valence-electron chi connectivity index (χ2n) is 1.79. The van der Waals surface area contributed by atoms with Crippen LogP contribution in [0.1, 0.15) is 6.92 Å². The molecule has 0 aliphatic rings. The van der Waals surface area contributed by atoms with Crippen LogP contribution in [0.5, 0.6) is 0 Å². The predicted octanol–water partition coefficient (Wildman–Crippen LogP) is -1.64. The number of rotatable bonds is 2. The molecule has 5 heteroatoms. The topological polar surface area (TPSA) is 95.4 Å². The van der Waals surface area contributed by atoms with Crippen molar-refractivity contribution in [2.75, 3.05) is 6.54 Å². The van der Waals surface area contributed by atoms with E-state index in [1.807, 2.05) is 0 Å². The lowest BCUT2D eigenvalue weighted by atomic mass is 10.4. The van der Waals surface area contributed by atoms with E-state index in [1.165, 1.54) is 6.92 Å². The van der Waals surface area contributed by atoms with Crippen molar-refractivity contribution in [3.63, 3.8) is 0 Å². The summed E-state index contributed by atoms with van der Waals surface area (Å²) in [7, 11) is 0. The van der Waals surface area contributed by atoms with Crippen LogP contribution in [0.2, 0.25) is 0 Å². The quantitative estimate of drug-likeness (QED) is 0.360. The molecule has 10 heavy (non-hydrogen) atoms. The molecule has 0 radical (unpaired) electrons. The maximum atomic E-state index is 10.5. The number of ether oxygens (including phenoxy) is 1. The van der Waals surface area contributed by atoms with Gasteiger partial charge in [0, 0.05) is 0 Å². The van der Waals surface area contributed by atoms with Crippen molar-refractivity contribution in [3.05, 3.63) is 0 Å². The van der Waals surface area contributed by atoms with Gasteiger partial charge in [-0.1, -0.05) is 0 Å². The van der Waals surface area contributed by atoms with Gasteiger partial charge in [-0.3, -0.25) is 4.79 Å². The van der Waals surface area contributed by atoms with Crippen LogP contribution in [-0.2, 0) is 14.3 Å². The Morgan fingerprint density at radius 1 is 1.60 bits per heavy atom. The van der Waals surface area contributed by atoms with E-state index in [1.54, 1.807) is 0 Å². The Hall–Kier alpha value is -0.940. The van der Waals surface area contributed by atoms with Gasteiger partial charge in [0.1, 0.15) is 6.04 Å². The van der Waals surface area contributed by atoms with Crippen LogP contribution in [-0.4, -0.2) is 24.5 Å². The molecule has 58 valence electrons. The van der Waals surface area contributed by atoms with Crippen LogP contribution in [0.4, 0.5) is 0 Å². The lowest BCUT2D eigenvalue weighted by molar-refractivity contribution is -0.159. The number of carbonyl (C=O) groups is 2. The fourth-order valence-electron chi connectivity index (χ4n) is 0.247. The highest BCUT2D eigenvalue weighted by molar-refractivity contribution is 5.88. The van der Waals surface area contributed by atoms with Crippen LogP contribution in [0.15, 0.2) is 0 Å². The van der Waals surface area contributed by atoms with Gasteiger partial charge in [-0.05, 0) is 6.92 Å². The third-order valence-corrected chi connectivity index (χ3v) is 0.753. The number of carbonyl (C=O) groups excluding carboxylic acids is 2. The number of nitrogens with two attached hydrogens (primary N) is 2. The monoisotopic (exact) mass is 146 g/mol. The molecule has 0 rings (SSSR count). The maximum absolute atomic E-state index is 10.5. The molecule has 0 aliphatic heterocycles. The van der Waals surface area contributed by atoms with Crippen molar-refractivity contribution in [2.24, 2.45) is 11.5 Å². The van der Waals surface area contributed by atoms with Crippen LogP contribution >= 0.6 is 0 Å². The third kappa shape index (κ3) is 3.16. The van der Waals surface area contributed by atoms with Gasteiger partial charge >= 0.3 is 11.9 Å². The zero-order valence-electron chi connectivity index (χ0n) is 5.66. The minimum absolute atomic E-state index is 0.307. The SMILES string of the molecule is C[C@H](N)C(=O)OC(=O)CN. The zero-order valence-corrected chi connectivity index (χ0v) is 5.66. The van der Waals surface area contributed by atoms with Crippen LogP contribution < -0.4 is 11.5 Å². The molecule has 5 nitrogen and oxygen atoms in total. The highest BCUT2D eigenvalue weighted by atomic mass is 16.6. The molecule has 0 spiro atoms. The first-order valence-electron chi connectivity index (χ1n) is 2.78. The number of hydrogen-bond donors (Lipinski definition) is 2. The Kier molecular flexibility index (Phi) is 3.60. The van der Waals surface area contributed by atoms with Gasteiger partial charge in [-0.15, -0.1) is 0 Å². The summed E-state index contributed by atoms with van der Waals surface area (Å²) in [6, 6.07) is -0.782. The Balaban J connectivity index is 3.69. The minimum atomic E-state index is -0.782. The normalized spacial score (nSPS) is 12.3. The fraction of sp³-hybridized carbons (Fsp3) is 0.600. The van der Waals surface area contributed by atoms with Crippen molar-refractivity contribution in [2.45, 2.75) is 13.0 Å². The van der Waals surface area contributed by atoms with Crippen LogP contribution in [0.25, 0.3) is 0 Å². The molecule has 1 atom stereocenters. The molecule has 0 saturated heterocycles. The van der Waals surface area contributed by atoms with E-state index in [4.69, 9.17) is 11.5 Å². The van der Waals surface area contributed by atoms with Crippen LogP contribution in [0, 0.1) is 0 Å². The first kappa shape index (κ1) is 9.06. The predicted molar refractivity (Wildman–Crippen MR) is 33.8 cm³/mol. The lowest BCUT2D eigenvalue weighted by Crippen LogP contribution is -2.32. The van der Waals surface area contributed by atoms with E-state index >= 15 is 0 Å². The van der Waals surface area contributed by atoms with Crippen molar-refractivity contribution in [1.82, 2.24) is 0 Å². The second kappa shape index (κ2) is 3.97. The van der Waals surface area contributed by atoms with E-state index in [0.717, 1.165) is 0 Å². The van der Waals surface area contributed by atoms with Crippen molar-refractivity contribution in [3.8, 4) is 0 Å². The first-order chi connectivity index (χ1) is 4.57. The van der Waals surface area contributed by atoms with Gasteiger partial charge in [0.25, 0.3) is 0 Å². The number of hydrogen-bond acceptors (Lipinski definition) is 5. The average molecular weight is 146 g/mol. The second-order valence-corrected chi connectivity index (χ2v) is 1.79. The molecular formula is C5H10N2O3. The van der Waals surface area contributed by atoms with Crippen molar-refractivity contribution in [1.29, 1.82) is 0 Å². The van der Waals surface area contributed by atoms with Gasteiger partial charge in [-0.25, -0.2) is 4.79 Å². The molecule has 0 fully saturated rings. The Morgan fingerprint density at radius 2 is 2.10 bits per heavy atom. The summed E-state index contributed by atoms with van der Waals surface area (Å²) in [6.07, 6.45) is 0. The molecule has 0 unspecified atom stereocenters. The summed E-state index contributed by atoms with van der Waals surface area (Å²) in [5, 5.41) is 0. The van der Waals surface area contributed by atoms with Gasteiger partial charge in [0.2, 0.25) is 0 Å². The van der Waals surface area contributed by atoms with Crippen molar-refractivity contribution >= 4 is 11.9 Å². The molecule has 4 N–H and O–H groups in total. The standard InChI is InChI=1S/C5H10N2O3/c1-3(7)5(9)10-4(8)2-6/h3H,2,6-7H2,1H3/t3-/m0/s1. The molecule has 0 aromatic rings. The first-order valence-corrected chi connectivity index (χ1v) is 2.78. The highest BCUT2D eigenvalue weighted by Crippen LogP contribution is 1.83. The average Bonchev–Trinajstić information content (AvgIpc) is 1.87. The van der Waals surface area contributed by atoms with Crippen molar-refractivity contribution < 1.29 is 14.3 Å². The molecule has 0 heterocycles. The number of esters is 2. The molecule has 0 bridgehead atoms. The highest BCUT2D eigenvalue weighted by Gasteiger charge is 2.12. The maximum Gasteiger partial charge on any atom is 0.330 e. The lowest BCUT2D eigenvalue weighted by Gasteiger charge is -2.02. The smallest absolute Gasteiger partial charge is 0.330 e. The fourth-order valence-corrected chi connectivity index (χ4v) is 0.247. The molecule has 0 saturated carbocycles. The largest absolute Gasteiger partial charge is 0.391 e. The van der Waals surface area contributed by atoms with Gasteiger partial charge in [0.15, 0.2) is 0 Å². The van der Waals surface area contributed by atoms with E-state index < -0.39 is 18.0 Å². The zero-order chi connectivity index (χ0) is 8.15. The van der Waals surface area contributed by atoms with Gasteiger partial charge < -0.3 is 16.2 Å². The third-order valence-electron chi connectivity index (χ3n) is 0.753. The summed E-state index contributed by atoms with van der Waals surface area (Å²) in [4.78, 5) is 20.8. The summed E-state index contributed by atoms with van der Waals surface area (Å²) >= 11 is 0. The summed E-state index contributed by atoms with van der Waals surface area (Å²) in [5.41, 5.74) is 9.92. The van der Waals surface area contributed by atoms with E-state index in [9.17, 15) is 9.59 Å². The summed E-state index contributed by atoms with van der Waals surface area (Å²) in [6.45, 7) is 1.12.